The van der Waals surface area contributed by atoms with Gasteiger partial charge in [-0.3, -0.25) is 0 Å². The summed E-state index contributed by atoms with van der Waals surface area (Å²) < 4.78 is 0. The molecule has 0 atom stereocenters. The first-order valence-corrected chi connectivity index (χ1v) is 6.27. The summed E-state index contributed by atoms with van der Waals surface area (Å²) in [5, 5.41) is 16.0. The van der Waals surface area contributed by atoms with Gasteiger partial charge in [0.1, 0.15) is 0 Å². The molecule has 2 N–H and O–H groups in total. The average Bonchev–Trinajstić information content (AvgIpc) is 2.40. The third kappa shape index (κ3) is 15.9. The SMILES string of the molecule is C=CC(=O)O.CCC(C)(C)C.O=C(O)c1ccccc1. The molecule has 1 rings (SSSR count). The van der Waals surface area contributed by atoms with Crippen LogP contribution in [0.5, 0.6) is 0 Å². The fraction of sp³-hybridized carbons (Fsp3) is 0.375. The van der Waals surface area contributed by atoms with E-state index >= 15 is 0 Å². The van der Waals surface area contributed by atoms with Crippen molar-refractivity contribution in [3.05, 3.63) is 48.6 Å². The van der Waals surface area contributed by atoms with E-state index in [9.17, 15) is 9.59 Å². The molecule has 112 valence electrons. The van der Waals surface area contributed by atoms with Crippen LogP contribution in [0.2, 0.25) is 0 Å². The first-order chi connectivity index (χ1) is 9.14. The standard InChI is InChI=1S/C7H6O2.C6H14.C3H4O2/c8-7(9)6-4-2-1-3-5-6;1-5-6(2,3)4;1-2-3(4)5/h1-5H,(H,8,9);5H2,1-4H3;2H,1H2,(H,4,5). The maximum Gasteiger partial charge on any atom is 0.335 e. The van der Waals surface area contributed by atoms with Crippen molar-refractivity contribution < 1.29 is 19.8 Å². The van der Waals surface area contributed by atoms with E-state index in [0.29, 0.717) is 11.0 Å². The topological polar surface area (TPSA) is 74.6 Å². The molecule has 4 heteroatoms. The lowest BCUT2D eigenvalue weighted by Gasteiger charge is -2.12. The highest BCUT2D eigenvalue weighted by molar-refractivity contribution is 5.87. The van der Waals surface area contributed by atoms with Crippen LogP contribution in [0.15, 0.2) is 43.0 Å². The third-order valence-electron chi connectivity index (χ3n) is 2.26. The molecule has 1 aromatic rings. The van der Waals surface area contributed by atoms with E-state index in [2.05, 4.69) is 34.3 Å². The molecule has 0 fully saturated rings. The Hall–Kier alpha value is -2.10. The van der Waals surface area contributed by atoms with Crippen molar-refractivity contribution in [2.24, 2.45) is 5.41 Å². The average molecular weight is 280 g/mol. The smallest absolute Gasteiger partial charge is 0.335 e. The maximum atomic E-state index is 10.2. The first kappa shape index (κ1) is 20.2. The van der Waals surface area contributed by atoms with Gasteiger partial charge in [-0.2, -0.15) is 0 Å². The predicted octanol–water partition coefficient (Wildman–Crippen LogP) is 4.08. The molecule has 0 spiro atoms. The van der Waals surface area contributed by atoms with Gasteiger partial charge in [0, 0.05) is 6.08 Å². The maximum absolute atomic E-state index is 10.2. The minimum Gasteiger partial charge on any atom is -0.478 e. The van der Waals surface area contributed by atoms with Gasteiger partial charge in [0.25, 0.3) is 0 Å². The summed E-state index contributed by atoms with van der Waals surface area (Å²) in [6, 6.07) is 8.30. The Labute approximate surface area is 120 Å². The Balaban J connectivity index is 0. The highest BCUT2D eigenvalue weighted by Crippen LogP contribution is 2.16. The zero-order valence-electron chi connectivity index (χ0n) is 12.6. The quantitative estimate of drug-likeness (QED) is 0.800. The Morgan fingerprint density at radius 1 is 1.15 bits per heavy atom. The van der Waals surface area contributed by atoms with Crippen LogP contribution in [0.4, 0.5) is 0 Å². The van der Waals surface area contributed by atoms with Crippen LogP contribution in [-0.2, 0) is 4.79 Å². The van der Waals surface area contributed by atoms with E-state index in [1.807, 2.05) is 0 Å². The predicted molar refractivity (Wildman–Crippen MR) is 81.0 cm³/mol. The molecule has 0 amide bonds. The lowest BCUT2D eigenvalue weighted by atomic mass is 9.94. The molecule has 0 heterocycles. The van der Waals surface area contributed by atoms with Crippen molar-refractivity contribution in [3.63, 3.8) is 0 Å². The van der Waals surface area contributed by atoms with Crippen LogP contribution in [0.1, 0.15) is 44.5 Å². The van der Waals surface area contributed by atoms with E-state index in [1.165, 1.54) is 6.42 Å². The number of aromatic carboxylic acids is 1. The van der Waals surface area contributed by atoms with E-state index in [0.717, 1.165) is 6.08 Å². The van der Waals surface area contributed by atoms with Gasteiger partial charge in [-0.1, -0.05) is 58.9 Å². The van der Waals surface area contributed by atoms with Crippen LogP contribution in [0, 0.1) is 5.41 Å². The molecule has 0 unspecified atom stereocenters. The van der Waals surface area contributed by atoms with E-state index in [-0.39, 0.29) is 0 Å². The lowest BCUT2D eigenvalue weighted by Crippen LogP contribution is -2.00. The van der Waals surface area contributed by atoms with Crippen LogP contribution >= 0.6 is 0 Å². The van der Waals surface area contributed by atoms with Crippen molar-refractivity contribution in [1.29, 1.82) is 0 Å². The van der Waals surface area contributed by atoms with Gasteiger partial charge in [0.15, 0.2) is 0 Å². The van der Waals surface area contributed by atoms with Gasteiger partial charge in [-0.05, 0) is 17.5 Å². The molecular weight excluding hydrogens is 256 g/mol. The first-order valence-electron chi connectivity index (χ1n) is 6.27. The van der Waals surface area contributed by atoms with Crippen molar-refractivity contribution in [1.82, 2.24) is 0 Å². The van der Waals surface area contributed by atoms with Crippen molar-refractivity contribution in [2.45, 2.75) is 34.1 Å². The number of rotatable bonds is 2. The largest absolute Gasteiger partial charge is 0.478 e. The minimum absolute atomic E-state index is 0.331. The van der Waals surface area contributed by atoms with Gasteiger partial charge in [-0.15, -0.1) is 0 Å². The summed E-state index contributed by atoms with van der Waals surface area (Å²) >= 11 is 0. The summed E-state index contributed by atoms with van der Waals surface area (Å²) in [7, 11) is 0. The second-order valence-electron chi connectivity index (χ2n) is 5.13. The molecule has 20 heavy (non-hydrogen) atoms. The fourth-order valence-electron chi connectivity index (χ4n) is 0.581. The normalized spacial score (nSPS) is 9.20. The van der Waals surface area contributed by atoms with Gasteiger partial charge < -0.3 is 10.2 Å². The van der Waals surface area contributed by atoms with E-state index in [4.69, 9.17) is 10.2 Å². The summed E-state index contributed by atoms with van der Waals surface area (Å²) in [5.41, 5.74) is 0.873. The number of carboxylic acids is 2. The number of carboxylic acid groups (broad SMARTS) is 2. The molecule has 4 nitrogen and oxygen atoms in total. The molecule has 0 aliphatic heterocycles. The molecule has 0 saturated heterocycles. The molecule has 0 radical (unpaired) electrons. The van der Waals surface area contributed by atoms with Crippen molar-refractivity contribution >= 4 is 11.9 Å². The number of aliphatic carboxylic acids is 1. The second-order valence-corrected chi connectivity index (χ2v) is 5.13. The van der Waals surface area contributed by atoms with Gasteiger partial charge >= 0.3 is 11.9 Å². The fourth-order valence-corrected chi connectivity index (χ4v) is 0.581. The summed E-state index contributed by atoms with van der Waals surface area (Å²) in [6.07, 6.45) is 2.10. The molecule has 1 aromatic carbocycles. The van der Waals surface area contributed by atoms with Crippen molar-refractivity contribution in [3.8, 4) is 0 Å². The van der Waals surface area contributed by atoms with Crippen LogP contribution in [0.25, 0.3) is 0 Å². The summed E-state index contributed by atoms with van der Waals surface area (Å²) in [6.45, 7) is 11.9. The Bertz CT molecular complexity index is 402. The minimum atomic E-state index is -0.981. The van der Waals surface area contributed by atoms with Gasteiger partial charge in [0.2, 0.25) is 0 Å². The summed E-state index contributed by atoms with van der Waals surface area (Å²) in [4.78, 5) is 19.5. The zero-order chi connectivity index (χ0) is 16.2. The number of hydrogen-bond donors (Lipinski definition) is 2. The molecule has 0 bridgehead atoms. The lowest BCUT2D eigenvalue weighted by molar-refractivity contribution is -0.131. The molecule has 0 aliphatic rings. The zero-order valence-corrected chi connectivity index (χ0v) is 12.6. The Kier molecular flexibility index (Phi) is 10.9. The molecule has 0 saturated carbocycles. The number of benzene rings is 1. The molecular formula is C16H24O4. The highest BCUT2D eigenvalue weighted by Gasteiger charge is 2.03. The number of carbonyl (C=O) groups is 2. The second kappa shape index (κ2) is 10.8. The van der Waals surface area contributed by atoms with E-state index in [1.54, 1.807) is 30.3 Å². The summed E-state index contributed by atoms with van der Waals surface area (Å²) in [5.74, 6) is -1.86. The van der Waals surface area contributed by atoms with Crippen LogP contribution in [-0.4, -0.2) is 22.2 Å². The number of hydrogen-bond acceptors (Lipinski definition) is 2. The highest BCUT2D eigenvalue weighted by atomic mass is 16.4. The van der Waals surface area contributed by atoms with Crippen LogP contribution in [0.3, 0.4) is 0 Å². The van der Waals surface area contributed by atoms with Gasteiger partial charge in [-0.25, -0.2) is 9.59 Å². The van der Waals surface area contributed by atoms with Crippen LogP contribution < -0.4 is 0 Å². The van der Waals surface area contributed by atoms with Gasteiger partial charge in [0.05, 0.1) is 5.56 Å². The third-order valence-corrected chi connectivity index (χ3v) is 2.26. The van der Waals surface area contributed by atoms with Crippen molar-refractivity contribution in [2.75, 3.05) is 0 Å². The molecule has 0 aromatic heterocycles. The van der Waals surface area contributed by atoms with E-state index < -0.39 is 11.9 Å². The Morgan fingerprint density at radius 3 is 1.65 bits per heavy atom. The Morgan fingerprint density at radius 2 is 1.50 bits per heavy atom. The molecule has 0 aliphatic carbocycles. The monoisotopic (exact) mass is 280 g/mol.